The third kappa shape index (κ3) is 2.30. The molecule has 0 aliphatic rings. The summed E-state index contributed by atoms with van der Waals surface area (Å²) in [6, 6.07) is 10.8. The topological polar surface area (TPSA) is 40.8 Å². The number of hydrogen-bond donors (Lipinski definition) is 0. The monoisotopic (exact) mass is 343 g/mol. The Kier molecular flexibility index (Phi) is 3.09. The second kappa shape index (κ2) is 5.71. The summed E-state index contributed by atoms with van der Waals surface area (Å²) in [5.74, 6) is 0. The normalized spacial score (nSPS) is 12.3. The van der Waals surface area contributed by atoms with Gasteiger partial charge in [0.25, 0.3) is 0 Å². The maximum atomic E-state index is 9.62. The first-order chi connectivity index (χ1) is 13.3. The standard InChI is InChI=1S/C23H21N2O/c1-13-8-16(4)25(5)19(10-13)21-15(3)6-7-18-22-17(12-24)9-14(2)11-20(22)26-23(18)21/h6-11H,1-5H3/q+1/i8D,10D. The van der Waals surface area contributed by atoms with Crippen molar-refractivity contribution >= 4 is 21.9 Å². The Morgan fingerprint density at radius 2 is 1.85 bits per heavy atom. The van der Waals surface area contributed by atoms with Crippen LogP contribution in [0.4, 0.5) is 0 Å². The maximum absolute atomic E-state index is 9.62. The van der Waals surface area contributed by atoms with Crippen LogP contribution in [-0.4, -0.2) is 0 Å². The van der Waals surface area contributed by atoms with Gasteiger partial charge in [0.05, 0.1) is 19.9 Å². The fourth-order valence-electron chi connectivity index (χ4n) is 3.63. The van der Waals surface area contributed by atoms with Crippen LogP contribution in [0.25, 0.3) is 33.2 Å². The number of nitriles is 1. The highest BCUT2D eigenvalue weighted by Crippen LogP contribution is 2.38. The maximum Gasteiger partial charge on any atom is 0.216 e. The minimum atomic E-state index is 0.325. The second-order valence-electron chi connectivity index (χ2n) is 6.90. The van der Waals surface area contributed by atoms with Gasteiger partial charge >= 0.3 is 0 Å². The molecule has 0 N–H and O–H groups in total. The van der Waals surface area contributed by atoms with Crippen molar-refractivity contribution in [2.45, 2.75) is 27.7 Å². The highest BCUT2D eigenvalue weighted by Gasteiger charge is 2.23. The predicted molar refractivity (Wildman–Crippen MR) is 104 cm³/mol. The molecule has 0 aliphatic carbocycles. The SMILES string of the molecule is [2H]c1c(C)c([2H])c(-c2c(C)ccc3c2oc2cc(C)cc(C#N)c23)[n+](C)c1C. The molecule has 4 rings (SSSR count). The summed E-state index contributed by atoms with van der Waals surface area (Å²) < 4.78 is 25.1. The zero-order valence-electron chi connectivity index (χ0n) is 17.6. The molecule has 0 atom stereocenters. The van der Waals surface area contributed by atoms with Gasteiger partial charge in [0.15, 0.2) is 5.69 Å². The lowest BCUT2D eigenvalue weighted by Gasteiger charge is -2.08. The van der Waals surface area contributed by atoms with Crippen LogP contribution in [0.15, 0.2) is 40.8 Å². The third-order valence-electron chi connectivity index (χ3n) is 4.96. The molecular weight excluding hydrogens is 320 g/mol. The Labute approximate surface area is 155 Å². The molecular formula is C23H21N2O+. The number of furan rings is 1. The minimum absolute atomic E-state index is 0.325. The molecule has 0 saturated carbocycles. The van der Waals surface area contributed by atoms with Crippen LogP contribution in [0.3, 0.4) is 0 Å². The van der Waals surface area contributed by atoms with E-state index < -0.39 is 0 Å². The van der Waals surface area contributed by atoms with Crippen LogP contribution in [0, 0.1) is 39.0 Å². The van der Waals surface area contributed by atoms with Gasteiger partial charge in [-0.3, -0.25) is 0 Å². The van der Waals surface area contributed by atoms with E-state index in [1.165, 1.54) is 0 Å². The summed E-state index contributed by atoms with van der Waals surface area (Å²) in [5, 5.41) is 11.3. The van der Waals surface area contributed by atoms with Gasteiger partial charge in [-0.25, -0.2) is 0 Å². The summed E-state index contributed by atoms with van der Waals surface area (Å²) in [6.45, 7) is 7.65. The summed E-state index contributed by atoms with van der Waals surface area (Å²) in [5.41, 5.74) is 6.91. The van der Waals surface area contributed by atoms with Gasteiger partial charge in [-0.1, -0.05) is 12.1 Å². The Bertz CT molecular complexity index is 1310. The molecule has 3 heteroatoms. The van der Waals surface area contributed by atoms with Gasteiger partial charge in [-0.15, -0.1) is 0 Å². The molecule has 0 saturated heterocycles. The molecule has 0 unspecified atom stereocenters. The average Bonchev–Trinajstić information content (AvgIpc) is 3.04. The van der Waals surface area contributed by atoms with Crippen molar-refractivity contribution in [3.8, 4) is 17.3 Å². The smallest absolute Gasteiger partial charge is 0.216 e. The van der Waals surface area contributed by atoms with E-state index in [4.69, 9.17) is 7.16 Å². The molecule has 2 heterocycles. The zero-order valence-corrected chi connectivity index (χ0v) is 15.6. The van der Waals surface area contributed by atoms with Crippen LogP contribution in [0.2, 0.25) is 0 Å². The van der Waals surface area contributed by atoms with Crippen LogP contribution in [-0.2, 0) is 7.05 Å². The lowest BCUT2D eigenvalue weighted by atomic mass is 9.98. The van der Waals surface area contributed by atoms with Gasteiger partial charge in [0.2, 0.25) is 5.69 Å². The quantitative estimate of drug-likeness (QED) is 0.447. The molecule has 0 radical (unpaired) electrons. The van der Waals surface area contributed by atoms with Crippen molar-refractivity contribution in [3.63, 3.8) is 0 Å². The summed E-state index contributed by atoms with van der Waals surface area (Å²) in [7, 11) is 1.88. The second-order valence-corrected chi connectivity index (χ2v) is 6.90. The molecule has 2 aromatic heterocycles. The van der Waals surface area contributed by atoms with Crippen molar-refractivity contribution in [1.82, 2.24) is 0 Å². The number of pyridine rings is 1. The number of hydrogen-bond acceptors (Lipinski definition) is 2. The highest BCUT2D eigenvalue weighted by molar-refractivity contribution is 6.12. The summed E-state index contributed by atoms with van der Waals surface area (Å²) in [6.07, 6.45) is 0. The lowest BCUT2D eigenvalue weighted by molar-refractivity contribution is -0.666. The summed E-state index contributed by atoms with van der Waals surface area (Å²) in [4.78, 5) is 0. The molecule has 26 heavy (non-hydrogen) atoms. The molecule has 0 spiro atoms. The van der Waals surface area contributed by atoms with Crippen LogP contribution < -0.4 is 4.57 Å². The number of fused-ring (bicyclic) bond motifs is 3. The van der Waals surface area contributed by atoms with E-state index in [1.54, 1.807) is 0 Å². The van der Waals surface area contributed by atoms with Crippen molar-refractivity contribution < 1.29 is 11.7 Å². The van der Waals surface area contributed by atoms with E-state index in [-0.39, 0.29) is 0 Å². The van der Waals surface area contributed by atoms with E-state index in [0.29, 0.717) is 34.4 Å². The van der Waals surface area contributed by atoms with Crippen LogP contribution >= 0.6 is 0 Å². The molecule has 128 valence electrons. The summed E-state index contributed by atoms with van der Waals surface area (Å²) >= 11 is 0. The molecule has 0 bridgehead atoms. The van der Waals surface area contributed by atoms with E-state index in [1.807, 2.05) is 63.6 Å². The minimum Gasteiger partial charge on any atom is -0.455 e. The van der Waals surface area contributed by atoms with E-state index >= 15 is 0 Å². The van der Waals surface area contributed by atoms with Crippen molar-refractivity contribution in [1.29, 1.82) is 5.26 Å². The number of aromatic nitrogens is 1. The van der Waals surface area contributed by atoms with Gasteiger partial charge in [-0.2, -0.15) is 9.83 Å². The first-order valence-electron chi connectivity index (χ1n) is 9.59. The third-order valence-corrected chi connectivity index (χ3v) is 4.96. The number of rotatable bonds is 1. The van der Waals surface area contributed by atoms with E-state index in [2.05, 4.69) is 6.07 Å². The molecule has 0 amide bonds. The number of benzene rings is 2. The Balaban J connectivity index is 2.23. The van der Waals surface area contributed by atoms with Crippen LogP contribution in [0.1, 0.15) is 30.7 Å². The molecule has 0 aliphatic heterocycles. The predicted octanol–water partition coefficient (Wildman–Crippen LogP) is 5.18. The van der Waals surface area contributed by atoms with Crippen molar-refractivity contribution in [3.05, 3.63) is 64.3 Å². The fourth-order valence-corrected chi connectivity index (χ4v) is 3.63. The molecule has 4 aromatic rings. The Hall–Kier alpha value is -3.12. The zero-order chi connectivity index (χ0) is 20.3. The largest absolute Gasteiger partial charge is 0.455 e. The first kappa shape index (κ1) is 14.1. The Morgan fingerprint density at radius 3 is 2.58 bits per heavy atom. The Morgan fingerprint density at radius 1 is 1.08 bits per heavy atom. The van der Waals surface area contributed by atoms with Crippen LogP contribution in [0.5, 0.6) is 0 Å². The van der Waals surface area contributed by atoms with Crippen molar-refractivity contribution in [2.24, 2.45) is 7.05 Å². The number of aryl methyl sites for hydroxylation is 2. The van der Waals surface area contributed by atoms with E-state index in [9.17, 15) is 5.26 Å². The van der Waals surface area contributed by atoms with Gasteiger partial charge in [0, 0.05) is 29.8 Å². The van der Waals surface area contributed by atoms with Crippen molar-refractivity contribution in [2.75, 3.05) is 0 Å². The molecule has 2 aromatic carbocycles. The van der Waals surface area contributed by atoms with Gasteiger partial charge < -0.3 is 4.42 Å². The highest BCUT2D eigenvalue weighted by atomic mass is 16.3. The molecule has 3 nitrogen and oxygen atoms in total. The number of nitrogens with zero attached hydrogens (tertiary/aromatic N) is 2. The fraction of sp³-hybridized carbons (Fsp3) is 0.217. The van der Waals surface area contributed by atoms with E-state index in [0.717, 1.165) is 38.9 Å². The molecule has 0 fully saturated rings. The lowest BCUT2D eigenvalue weighted by Crippen LogP contribution is -2.35. The average molecular weight is 343 g/mol. The van der Waals surface area contributed by atoms with Gasteiger partial charge in [-0.05, 0) is 49.6 Å². The van der Waals surface area contributed by atoms with Gasteiger partial charge in [0.1, 0.15) is 18.2 Å². The first-order valence-corrected chi connectivity index (χ1v) is 8.59.